The molecular formula is C29H35N3O3. The zero-order chi connectivity index (χ0) is 24.9. The van der Waals surface area contributed by atoms with Crippen LogP contribution in [0.3, 0.4) is 0 Å². The van der Waals surface area contributed by atoms with Crippen molar-refractivity contribution in [2.45, 2.75) is 32.1 Å². The number of rotatable bonds is 12. The summed E-state index contributed by atoms with van der Waals surface area (Å²) in [6, 6.07) is 27.7. The van der Waals surface area contributed by atoms with E-state index in [-0.39, 0.29) is 24.3 Å². The molecule has 0 heterocycles. The van der Waals surface area contributed by atoms with Gasteiger partial charge in [0.25, 0.3) is 0 Å². The number of benzene rings is 3. The molecule has 6 nitrogen and oxygen atoms in total. The molecule has 0 atom stereocenters. The summed E-state index contributed by atoms with van der Waals surface area (Å²) in [7, 11) is 1.59. The number of methoxy groups -OCH3 is 1. The lowest BCUT2D eigenvalue weighted by Crippen LogP contribution is -2.38. The van der Waals surface area contributed by atoms with Gasteiger partial charge in [-0.1, -0.05) is 73.7 Å². The SMILES string of the molecule is CCCN(CCC(=O)NCCC(c1ccccc1)c1ccccc1)C(=O)Nc1cccc(OC)c1. The molecule has 0 aliphatic heterocycles. The first-order valence-electron chi connectivity index (χ1n) is 12.2. The van der Waals surface area contributed by atoms with Crippen LogP contribution in [0.2, 0.25) is 0 Å². The number of urea groups is 1. The Morgan fingerprint density at radius 1 is 0.886 bits per heavy atom. The monoisotopic (exact) mass is 473 g/mol. The van der Waals surface area contributed by atoms with E-state index < -0.39 is 0 Å². The minimum Gasteiger partial charge on any atom is -0.497 e. The molecule has 0 spiro atoms. The molecule has 0 aliphatic rings. The average molecular weight is 474 g/mol. The molecule has 184 valence electrons. The molecule has 3 aromatic rings. The molecule has 2 N–H and O–H groups in total. The van der Waals surface area contributed by atoms with E-state index in [1.54, 1.807) is 18.1 Å². The molecule has 0 aliphatic carbocycles. The van der Waals surface area contributed by atoms with E-state index in [2.05, 4.69) is 34.9 Å². The molecule has 0 radical (unpaired) electrons. The fourth-order valence-electron chi connectivity index (χ4n) is 4.07. The Labute approximate surface area is 208 Å². The van der Waals surface area contributed by atoms with Gasteiger partial charge in [0.1, 0.15) is 5.75 Å². The standard InChI is InChI=1S/C29H35N3O3/c1-3-20-32(29(34)31-25-15-10-16-26(22-25)35-2)21-18-28(33)30-19-17-27(23-11-6-4-7-12-23)24-13-8-5-9-14-24/h4-16,22,27H,3,17-21H2,1-2H3,(H,30,33)(H,31,34). The van der Waals surface area contributed by atoms with Crippen LogP contribution in [-0.2, 0) is 4.79 Å². The number of carbonyl (C=O) groups is 2. The van der Waals surface area contributed by atoms with Crippen LogP contribution in [0.4, 0.5) is 10.5 Å². The third-order valence-electron chi connectivity index (χ3n) is 5.87. The van der Waals surface area contributed by atoms with Crippen molar-refractivity contribution in [2.24, 2.45) is 0 Å². The highest BCUT2D eigenvalue weighted by Gasteiger charge is 2.16. The van der Waals surface area contributed by atoms with Gasteiger partial charge in [0, 0.05) is 43.7 Å². The molecule has 3 rings (SSSR count). The molecule has 35 heavy (non-hydrogen) atoms. The molecular weight excluding hydrogens is 438 g/mol. The largest absolute Gasteiger partial charge is 0.497 e. The highest BCUT2D eigenvalue weighted by atomic mass is 16.5. The van der Waals surface area contributed by atoms with Gasteiger partial charge in [0.2, 0.25) is 5.91 Å². The van der Waals surface area contributed by atoms with Crippen molar-refractivity contribution in [3.05, 3.63) is 96.1 Å². The minimum absolute atomic E-state index is 0.0554. The number of hydrogen-bond acceptors (Lipinski definition) is 3. The van der Waals surface area contributed by atoms with E-state index >= 15 is 0 Å². The summed E-state index contributed by atoms with van der Waals surface area (Å²) < 4.78 is 5.22. The van der Waals surface area contributed by atoms with E-state index in [9.17, 15) is 9.59 Å². The van der Waals surface area contributed by atoms with Crippen LogP contribution in [0, 0.1) is 0 Å². The van der Waals surface area contributed by atoms with Gasteiger partial charge in [-0.15, -0.1) is 0 Å². The maximum Gasteiger partial charge on any atom is 0.321 e. The molecule has 0 fully saturated rings. The summed E-state index contributed by atoms with van der Waals surface area (Å²) in [5.41, 5.74) is 3.13. The normalized spacial score (nSPS) is 10.6. The average Bonchev–Trinajstić information content (AvgIpc) is 2.90. The van der Waals surface area contributed by atoms with E-state index in [4.69, 9.17) is 4.74 Å². The van der Waals surface area contributed by atoms with Crippen molar-refractivity contribution in [3.63, 3.8) is 0 Å². The highest BCUT2D eigenvalue weighted by Crippen LogP contribution is 2.27. The number of nitrogens with one attached hydrogen (secondary N) is 2. The molecule has 3 aromatic carbocycles. The van der Waals surface area contributed by atoms with Crippen molar-refractivity contribution in [1.29, 1.82) is 0 Å². The predicted octanol–water partition coefficient (Wildman–Crippen LogP) is 5.67. The quantitative estimate of drug-likeness (QED) is 0.356. The first-order valence-corrected chi connectivity index (χ1v) is 12.2. The van der Waals surface area contributed by atoms with Crippen molar-refractivity contribution in [3.8, 4) is 5.75 Å². The first-order chi connectivity index (χ1) is 17.1. The van der Waals surface area contributed by atoms with Crippen LogP contribution >= 0.6 is 0 Å². The van der Waals surface area contributed by atoms with Gasteiger partial charge in [-0.2, -0.15) is 0 Å². The van der Waals surface area contributed by atoms with Crippen LogP contribution in [0.5, 0.6) is 5.75 Å². The third kappa shape index (κ3) is 8.18. The van der Waals surface area contributed by atoms with Gasteiger partial charge in [0.15, 0.2) is 0 Å². The third-order valence-corrected chi connectivity index (χ3v) is 5.87. The topological polar surface area (TPSA) is 70.7 Å². The van der Waals surface area contributed by atoms with E-state index in [1.807, 2.05) is 61.5 Å². The summed E-state index contributed by atoms with van der Waals surface area (Å²) in [6.07, 6.45) is 1.87. The molecule has 0 bridgehead atoms. The van der Waals surface area contributed by atoms with Crippen LogP contribution in [0.25, 0.3) is 0 Å². The summed E-state index contributed by atoms with van der Waals surface area (Å²) >= 11 is 0. The molecule has 6 heteroatoms. The zero-order valence-corrected chi connectivity index (χ0v) is 20.6. The Morgan fingerprint density at radius 2 is 1.54 bits per heavy atom. The van der Waals surface area contributed by atoms with Crippen LogP contribution < -0.4 is 15.4 Å². The van der Waals surface area contributed by atoms with Crippen molar-refractivity contribution >= 4 is 17.6 Å². The zero-order valence-electron chi connectivity index (χ0n) is 20.6. The van der Waals surface area contributed by atoms with Crippen molar-refractivity contribution in [2.75, 3.05) is 32.1 Å². The van der Waals surface area contributed by atoms with Gasteiger partial charge in [-0.25, -0.2) is 4.79 Å². The Kier molecular flexibility index (Phi) is 10.2. The number of amides is 3. The van der Waals surface area contributed by atoms with Gasteiger partial charge >= 0.3 is 6.03 Å². The van der Waals surface area contributed by atoms with Gasteiger partial charge < -0.3 is 20.3 Å². The number of hydrogen-bond donors (Lipinski definition) is 2. The Morgan fingerprint density at radius 3 is 2.14 bits per heavy atom. The van der Waals surface area contributed by atoms with Crippen molar-refractivity contribution in [1.82, 2.24) is 10.2 Å². The Hall–Kier alpha value is -3.80. The molecule has 0 saturated heterocycles. The van der Waals surface area contributed by atoms with Crippen molar-refractivity contribution < 1.29 is 14.3 Å². The first kappa shape index (κ1) is 25.8. The maximum atomic E-state index is 12.8. The predicted molar refractivity (Wildman–Crippen MR) is 141 cm³/mol. The lowest BCUT2D eigenvalue weighted by Gasteiger charge is -2.23. The van der Waals surface area contributed by atoms with Crippen LogP contribution in [-0.4, -0.2) is 43.6 Å². The van der Waals surface area contributed by atoms with E-state index in [0.717, 1.165) is 12.8 Å². The van der Waals surface area contributed by atoms with Gasteiger partial charge in [-0.3, -0.25) is 4.79 Å². The molecule has 0 aromatic heterocycles. The smallest absolute Gasteiger partial charge is 0.321 e. The lowest BCUT2D eigenvalue weighted by molar-refractivity contribution is -0.121. The second kappa shape index (κ2) is 13.8. The summed E-state index contributed by atoms with van der Waals surface area (Å²) in [5, 5.41) is 5.93. The second-order valence-electron chi connectivity index (χ2n) is 8.41. The molecule has 0 saturated carbocycles. The summed E-state index contributed by atoms with van der Waals surface area (Å²) in [6.45, 7) is 3.51. The van der Waals surface area contributed by atoms with E-state index in [1.165, 1.54) is 11.1 Å². The number of nitrogens with zero attached hydrogens (tertiary/aromatic N) is 1. The number of ether oxygens (including phenoxy) is 1. The van der Waals surface area contributed by atoms with Crippen LogP contribution in [0.1, 0.15) is 43.2 Å². The molecule has 0 unspecified atom stereocenters. The summed E-state index contributed by atoms with van der Waals surface area (Å²) in [5.74, 6) is 0.830. The minimum atomic E-state index is -0.221. The van der Waals surface area contributed by atoms with Gasteiger partial charge in [-0.05, 0) is 36.1 Å². The lowest BCUT2D eigenvalue weighted by atomic mass is 9.88. The molecule has 3 amide bonds. The number of carbonyl (C=O) groups excluding carboxylic acids is 2. The van der Waals surface area contributed by atoms with Crippen LogP contribution in [0.15, 0.2) is 84.9 Å². The number of anilines is 1. The second-order valence-corrected chi connectivity index (χ2v) is 8.41. The Balaban J connectivity index is 1.51. The van der Waals surface area contributed by atoms with E-state index in [0.29, 0.717) is 31.1 Å². The fraction of sp³-hybridized carbons (Fsp3) is 0.310. The van der Waals surface area contributed by atoms with Gasteiger partial charge in [0.05, 0.1) is 7.11 Å². The highest BCUT2D eigenvalue weighted by molar-refractivity contribution is 5.90. The Bertz CT molecular complexity index is 1020. The maximum absolute atomic E-state index is 12.8. The fourth-order valence-corrected chi connectivity index (χ4v) is 4.07. The summed E-state index contributed by atoms with van der Waals surface area (Å²) in [4.78, 5) is 27.0.